The monoisotopic (exact) mass is 1070 g/mol. The highest BCUT2D eigenvalue weighted by Crippen LogP contribution is 2.41. The van der Waals surface area contributed by atoms with Gasteiger partial charge in [-0.25, -0.2) is 0 Å². The number of aryl methyl sites for hydroxylation is 1. The molecule has 0 aliphatic carbocycles. The Morgan fingerprint density at radius 3 is 1.89 bits per heavy atom. The molecular weight excluding hydrogens is 1010 g/mol. The van der Waals surface area contributed by atoms with E-state index >= 15 is 0 Å². The molecule has 412 valence electrons. The molecule has 1 saturated heterocycles. The van der Waals surface area contributed by atoms with Gasteiger partial charge in [0.05, 0.1) is 61.0 Å². The fraction of sp³-hybridized carbons (Fsp3) is 0.393. The third-order valence-corrected chi connectivity index (χ3v) is 15.0. The summed E-state index contributed by atoms with van der Waals surface area (Å²) in [4.78, 5) is 106. The highest BCUT2D eigenvalue weighted by Gasteiger charge is 2.37. The molecule has 1 fully saturated rings. The van der Waals surface area contributed by atoms with Crippen molar-refractivity contribution in [3.05, 3.63) is 113 Å². The number of unbranched alkanes of at least 4 members (excludes halogenated alkanes) is 2. The van der Waals surface area contributed by atoms with E-state index < -0.39 is 12.0 Å². The number of fused-ring (bicyclic) bond motifs is 4. The number of hydrogen-bond donors (Lipinski definition) is 3. The second-order valence-electron chi connectivity index (χ2n) is 21.3. The van der Waals surface area contributed by atoms with Gasteiger partial charge in [-0.05, 0) is 89.9 Å². The number of nitrogens with one attached hydrogen (secondary N) is 2. The first-order valence-electron chi connectivity index (χ1n) is 27.1. The zero-order valence-electron chi connectivity index (χ0n) is 45.5. The van der Waals surface area contributed by atoms with E-state index in [0.717, 1.165) is 27.8 Å². The van der Waals surface area contributed by atoms with Gasteiger partial charge in [0.25, 0.3) is 11.8 Å². The lowest BCUT2D eigenvalue weighted by Gasteiger charge is -2.23. The zero-order chi connectivity index (χ0) is 56.1. The number of rotatable bonds is 22. The van der Waals surface area contributed by atoms with Crippen molar-refractivity contribution < 1.29 is 52.9 Å². The summed E-state index contributed by atoms with van der Waals surface area (Å²) in [6.45, 7) is 9.96. The molecule has 4 aromatic carbocycles. The Bertz CT molecular complexity index is 3180. The van der Waals surface area contributed by atoms with Gasteiger partial charge >= 0.3 is 0 Å². The van der Waals surface area contributed by atoms with Gasteiger partial charge in [0, 0.05) is 99.6 Å². The number of methoxy groups -OCH3 is 1. The molecule has 18 nitrogen and oxygen atoms in total. The van der Waals surface area contributed by atoms with Gasteiger partial charge in [-0.15, -0.1) is 0 Å². The van der Waals surface area contributed by atoms with Gasteiger partial charge in [-0.2, -0.15) is 0 Å². The number of hydrogen-bond acceptors (Lipinski definition) is 13. The number of carbonyl (C=O) groups is 7. The molecule has 5 aliphatic rings. The van der Waals surface area contributed by atoms with Gasteiger partial charge in [0.2, 0.25) is 23.6 Å². The largest absolute Gasteiger partial charge is 0.508 e. The Hall–Kier alpha value is -8.41. The lowest BCUT2D eigenvalue weighted by Crippen LogP contribution is -2.45. The molecule has 6 amide bonds. The van der Waals surface area contributed by atoms with Crippen molar-refractivity contribution >= 4 is 81.9 Å². The molecule has 3 N–H and O–H groups in total. The van der Waals surface area contributed by atoms with Gasteiger partial charge in [-0.1, -0.05) is 58.4 Å². The van der Waals surface area contributed by atoms with Crippen molar-refractivity contribution in [2.75, 3.05) is 32.2 Å². The van der Waals surface area contributed by atoms with Crippen molar-refractivity contribution in [2.45, 2.75) is 111 Å². The van der Waals surface area contributed by atoms with Crippen LogP contribution in [0.4, 0.5) is 17.1 Å². The Morgan fingerprint density at radius 1 is 0.722 bits per heavy atom. The van der Waals surface area contributed by atoms with E-state index in [0.29, 0.717) is 97.1 Å². The molecule has 79 heavy (non-hydrogen) atoms. The van der Waals surface area contributed by atoms with Crippen LogP contribution in [-0.2, 0) is 24.0 Å². The van der Waals surface area contributed by atoms with E-state index in [1.165, 1.54) is 12.0 Å². The SMILES string of the molecule is COc1cc2c(cc1OCCCOc1cc3c(cc1C)C(=O)N1C=C(c4ccc(O)cc4)C[C@H]1C=N3)N=C[C@@H]1CC(c3ccc(NC(=O)C(C)CC(=O)[C@@H](NC(=O)CCCCCN4C(=O)CC(C)C4=O)C(C)C)cc3)=CN1C2=O. The maximum absolute atomic E-state index is 14.1. The lowest BCUT2D eigenvalue weighted by molar-refractivity contribution is -0.139. The minimum absolute atomic E-state index is 0.0622. The van der Waals surface area contributed by atoms with Gasteiger partial charge in [0.1, 0.15) is 11.5 Å². The maximum atomic E-state index is 14.1. The predicted octanol–water partition coefficient (Wildman–Crippen LogP) is 9.13. The fourth-order valence-corrected chi connectivity index (χ4v) is 10.5. The summed E-state index contributed by atoms with van der Waals surface area (Å²) in [5.41, 5.74) is 6.89. The number of likely N-dealkylation sites (tertiary alicyclic amines) is 1. The minimum Gasteiger partial charge on any atom is -0.508 e. The first kappa shape index (κ1) is 55.3. The molecule has 9 rings (SSSR count). The second kappa shape index (κ2) is 24.1. The Labute approximate surface area is 459 Å². The minimum atomic E-state index is -0.753. The number of phenolic OH excluding ortho intramolecular Hbond substituents is 1. The Balaban J connectivity index is 0.730. The van der Waals surface area contributed by atoms with E-state index in [1.54, 1.807) is 78.5 Å². The highest BCUT2D eigenvalue weighted by atomic mass is 16.5. The first-order valence-corrected chi connectivity index (χ1v) is 27.1. The van der Waals surface area contributed by atoms with Crippen LogP contribution < -0.4 is 24.8 Å². The molecule has 5 heterocycles. The van der Waals surface area contributed by atoms with E-state index in [-0.39, 0.29) is 96.8 Å². The number of carbonyl (C=O) groups excluding carboxylic acids is 7. The van der Waals surface area contributed by atoms with Crippen molar-refractivity contribution in [3.63, 3.8) is 0 Å². The molecule has 5 aliphatic heterocycles. The highest BCUT2D eigenvalue weighted by molar-refractivity contribution is 6.07. The average molecular weight is 1070 g/mol. The van der Waals surface area contributed by atoms with Crippen LogP contribution in [0.1, 0.15) is 123 Å². The van der Waals surface area contributed by atoms with Crippen molar-refractivity contribution in [3.8, 4) is 23.0 Å². The summed E-state index contributed by atoms with van der Waals surface area (Å²) in [6.07, 6.45) is 11.1. The van der Waals surface area contributed by atoms with Gasteiger partial charge in [-0.3, -0.25) is 48.4 Å². The van der Waals surface area contributed by atoms with Crippen LogP contribution in [0.15, 0.2) is 95.2 Å². The summed E-state index contributed by atoms with van der Waals surface area (Å²) < 4.78 is 18.0. The van der Waals surface area contributed by atoms with Gasteiger partial charge in [0.15, 0.2) is 17.3 Å². The van der Waals surface area contributed by atoms with Crippen LogP contribution >= 0.6 is 0 Å². The molecule has 0 radical (unpaired) electrons. The summed E-state index contributed by atoms with van der Waals surface area (Å²) in [5, 5.41) is 15.5. The number of imide groups is 1. The summed E-state index contributed by atoms with van der Waals surface area (Å²) in [5.74, 6) is -1.05. The van der Waals surface area contributed by atoms with E-state index in [4.69, 9.17) is 24.2 Å². The molecule has 18 heteroatoms. The molecule has 0 saturated carbocycles. The normalized spacial score (nSPS) is 19.0. The summed E-state index contributed by atoms with van der Waals surface area (Å²) in [7, 11) is 1.51. The quantitative estimate of drug-likeness (QED) is 0.0497. The number of amides is 6. The van der Waals surface area contributed by atoms with Crippen molar-refractivity contribution in [1.82, 2.24) is 20.0 Å². The van der Waals surface area contributed by atoms with Crippen molar-refractivity contribution in [2.24, 2.45) is 27.7 Å². The third-order valence-electron chi connectivity index (χ3n) is 15.0. The summed E-state index contributed by atoms with van der Waals surface area (Å²) in [6, 6.07) is 19.9. The molecule has 0 spiro atoms. The predicted molar refractivity (Wildman–Crippen MR) is 299 cm³/mol. The van der Waals surface area contributed by atoms with Crippen LogP contribution in [-0.4, -0.2) is 118 Å². The number of nitrogens with zero attached hydrogens (tertiary/aromatic N) is 5. The number of aliphatic imine (C=N–C) groups is 2. The Morgan fingerprint density at radius 2 is 1.30 bits per heavy atom. The fourth-order valence-electron chi connectivity index (χ4n) is 10.5. The van der Waals surface area contributed by atoms with Gasteiger partial charge < -0.3 is 39.8 Å². The molecule has 4 aromatic rings. The maximum Gasteiger partial charge on any atom is 0.260 e. The summed E-state index contributed by atoms with van der Waals surface area (Å²) >= 11 is 0. The number of ketones is 1. The number of anilines is 1. The number of benzene rings is 4. The molecule has 0 bridgehead atoms. The first-order chi connectivity index (χ1) is 38.0. The average Bonchev–Trinajstić information content (AvgIpc) is 4.13. The number of aromatic hydroxyl groups is 1. The van der Waals surface area contributed by atoms with Crippen LogP contribution in [0.25, 0.3) is 11.1 Å². The third kappa shape index (κ3) is 12.5. The number of Topliss-reactive ketones (excluding diaryl/α,β-unsaturated/α-hetero) is 1. The molecular formula is C61H67N7O11. The van der Waals surface area contributed by atoms with Crippen LogP contribution in [0.2, 0.25) is 0 Å². The smallest absolute Gasteiger partial charge is 0.260 e. The Kier molecular flexibility index (Phi) is 16.9. The molecule has 5 atom stereocenters. The van der Waals surface area contributed by atoms with E-state index in [2.05, 4.69) is 10.6 Å². The van der Waals surface area contributed by atoms with Crippen LogP contribution in [0, 0.1) is 24.7 Å². The van der Waals surface area contributed by atoms with E-state index in [1.807, 2.05) is 63.5 Å². The molecule has 0 aromatic heterocycles. The molecule has 2 unspecified atom stereocenters. The second-order valence-corrected chi connectivity index (χ2v) is 21.3. The van der Waals surface area contributed by atoms with Crippen LogP contribution in [0.5, 0.6) is 23.0 Å². The number of ether oxygens (including phenoxy) is 3. The lowest BCUT2D eigenvalue weighted by atomic mass is 9.92. The zero-order valence-corrected chi connectivity index (χ0v) is 45.5. The van der Waals surface area contributed by atoms with E-state index in [9.17, 15) is 38.7 Å². The van der Waals surface area contributed by atoms with Crippen LogP contribution in [0.3, 0.4) is 0 Å². The van der Waals surface area contributed by atoms with Crippen molar-refractivity contribution in [1.29, 1.82) is 0 Å². The number of phenols is 1. The topological polar surface area (TPSA) is 226 Å². The standard InChI is InChI=1S/C61H67N7O11/c1-35(2)57(65-55(71)11-8-7-9-20-66-56(72)25-38(5)59(66)74)51(70)24-37(4)58(73)64-43-16-12-39(13-17-43)41-26-45-32-63-50-30-54(53(77-6)28-48(50)61(76)68(45)33-41)79-22-10-21-78-52-29-49-47(23-36(52)3)60(75)67-34-42(27-44(67)31-62-49)40-14-18-46(69)19-15-40/h12-19,23,28-35,37-38,44-45,57,69H,7-11,20-22,24-27H2,1-6H3,(H,64,73)(H,65,71)/t37?,38?,44-,45-,57-/m0/s1.